The summed E-state index contributed by atoms with van der Waals surface area (Å²) < 4.78 is 11.3. The van der Waals surface area contributed by atoms with E-state index in [-0.39, 0.29) is 159 Å². The number of carbonyl (C=O) groups excluding carboxylic acids is 11. The number of imide groups is 1. The molecule has 2 unspecified atom stereocenters. The van der Waals surface area contributed by atoms with Gasteiger partial charge in [-0.05, 0) is 92.7 Å². The van der Waals surface area contributed by atoms with Crippen molar-refractivity contribution in [2.75, 3.05) is 47.4 Å². The van der Waals surface area contributed by atoms with Gasteiger partial charge >= 0.3 is 12.1 Å². The smallest absolute Gasteiger partial charge is 0.410 e. The average Bonchev–Trinajstić information content (AvgIpc) is 1.76. The van der Waals surface area contributed by atoms with E-state index >= 15 is 0 Å². The van der Waals surface area contributed by atoms with Gasteiger partial charge in [-0.15, -0.1) is 0 Å². The number of nitrogens with zero attached hydrogens (tertiary/aromatic N) is 4. The normalized spacial score (nSPS) is 18.1. The Bertz CT molecular complexity index is 2860. The zero-order chi connectivity index (χ0) is 73.0. The highest BCUT2D eigenvalue weighted by Crippen LogP contribution is 2.32. The molecule has 2 aromatic rings. The highest BCUT2D eigenvalue weighted by atomic mass is 16.6. The second kappa shape index (κ2) is 42.0. The van der Waals surface area contributed by atoms with Crippen LogP contribution in [0.15, 0.2) is 54.6 Å². The summed E-state index contributed by atoms with van der Waals surface area (Å²) in [4.78, 5) is 149. The fraction of sp³-hybridized carbons (Fsp3) is 0.689. The number of amides is 9. The molecule has 2 aromatic carbocycles. The second-order valence-electron chi connectivity index (χ2n) is 27.9. The topological polar surface area (TPSA) is 322 Å². The second-order valence-corrected chi connectivity index (χ2v) is 27.9. The number of carbonyl (C=O) groups is 11. The monoisotopic (exact) mass is 1360 g/mol. The van der Waals surface area contributed by atoms with Crippen LogP contribution in [0, 0.1) is 53.3 Å². The third kappa shape index (κ3) is 25.9. The van der Waals surface area contributed by atoms with Crippen LogP contribution in [0.4, 0.5) is 9.59 Å². The van der Waals surface area contributed by atoms with Crippen LogP contribution in [-0.4, -0.2) is 178 Å². The van der Waals surface area contributed by atoms with Crippen LogP contribution in [0.25, 0.3) is 0 Å². The SMILES string of the molecule is CCC(=O)N1CCC[C@H]1[C@H](CO)[C@@H](C)C(=O)N[C@H](C)[C@@H](O)c1ccccc1.CC[C@H](C)[C@@H]([C@@H](C)OC)N(C)C(=O)[C@@H](CC(=O)C(C(C)C)N(C)C(=O)OCc1ccc(CC(=O)[C@H](CCCNC(N)=O)NC(=O)[C@@H](CC(=O)CCCCCN2C(=O)CC(C)C2=O)C(C)C)cc1)C(C)C. The first kappa shape index (κ1) is 84.1. The molecule has 23 heteroatoms. The highest BCUT2D eigenvalue weighted by Gasteiger charge is 2.42. The number of methoxy groups -OCH3 is 1. The van der Waals surface area contributed by atoms with Gasteiger partial charge < -0.3 is 56.1 Å². The van der Waals surface area contributed by atoms with Crippen molar-refractivity contribution in [1.82, 2.24) is 35.6 Å². The maximum absolute atomic E-state index is 14.0. The van der Waals surface area contributed by atoms with Crippen molar-refractivity contribution in [1.29, 1.82) is 0 Å². The van der Waals surface area contributed by atoms with E-state index in [0.717, 1.165) is 24.8 Å². The van der Waals surface area contributed by atoms with Crippen LogP contribution in [0.2, 0.25) is 0 Å². The Hall–Kier alpha value is -7.11. The molecule has 0 radical (unpaired) electrons. The van der Waals surface area contributed by atoms with E-state index in [1.807, 2.05) is 90.6 Å². The molecule has 2 heterocycles. The largest absolute Gasteiger partial charge is 0.445 e. The first-order valence-corrected chi connectivity index (χ1v) is 35.2. The number of primary amides is 1. The minimum atomic E-state index is -0.916. The van der Waals surface area contributed by atoms with Crippen LogP contribution in [-0.2, 0) is 65.7 Å². The number of urea groups is 1. The van der Waals surface area contributed by atoms with Gasteiger partial charge in [-0.3, -0.25) is 48.1 Å². The third-order valence-corrected chi connectivity index (χ3v) is 19.6. The van der Waals surface area contributed by atoms with Crippen molar-refractivity contribution in [2.45, 2.75) is 229 Å². The number of likely N-dealkylation sites (N-methyl/N-ethyl adjacent to an activating group) is 2. The molecule has 544 valence electrons. The predicted octanol–water partition coefficient (Wildman–Crippen LogP) is 8.52. The Morgan fingerprint density at radius 2 is 1.38 bits per heavy atom. The molecule has 7 N–H and O–H groups in total. The van der Waals surface area contributed by atoms with Crippen molar-refractivity contribution in [3.05, 3.63) is 71.3 Å². The van der Waals surface area contributed by atoms with E-state index in [9.17, 15) is 63.0 Å². The molecule has 2 saturated heterocycles. The van der Waals surface area contributed by atoms with Gasteiger partial charge in [0.1, 0.15) is 12.4 Å². The summed E-state index contributed by atoms with van der Waals surface area (Å²) in [6.07, 6.45) is 4.00. The number of likely N-dealkylation sites (tertiary alicyclic amines) is 2. The Morgan fingerprint density at radius 3 is 1.93 bits per heavy atom. The number of hydrogen-bond donors (Lipinski definition) is 6. The molecule has 23 nitrogen and oxygen atoms in total. The van der Waals surface area contributed by atoms with E-state index in [1.165, 1.54) is 16.8 Å². The number of nitrogens with two attached hydrogens (primary N) is 1. The third-order valence-electron chi connectivity index (χ3n) is 19.6. The quantitative estimate of drug-likeness (QED) is 0.0269. The number of ketones is 3. The lowest BCUT2D eigenvalue weighted by Gasteiger charge is -2.39. The fourth-order valence-electron chi connectivity index (χ4n) is 13.2. The average molecular weight is 1360 g/mol. The number of rotatable bonds is 40. The number of aliphatic hydroxyl groups excluding tert-OH is 2. The van der Waals surface area contributed by atoms with Crippen LogP contribution < -0.4 is 21.7 Å². The number of Topliss-reactive ketones (excluding diaryl/α,β-unsaturated/α-hetero) is 3. The van der Waals surface area contributed by atoms with Gasteiger partial charge in [-0.2, -0.15) is 0 Å². The molecule has 2 fully saturated rings. The molecule has 0 spiro atoms. The minimum Gasteiger partial charge on any atom is -0.445 e. The van der Waals surface area contributed by atoms with E-state index < -0.39 is 60.0 Å². The summed E-state index contributed by atoms with van der Waals surface area (Å²) in [5.41, 5.74) is 7.26. The molecule has 13 atom stereocenters. The highest BCUT2D eigenvalue weighted by molar-refractivity contribution is 6.03. The molecule has 9 amide bonds. The number of hydrogen-bond acceptors (Lipinski definition) is 15. The van der Waals surface area contributed by atoms with E-state index in [1.54, 1.807) is 64.1 Å². The molecular weight excluding hydrogens is 1240 g/mol. The summed E-state index contributed by atoms with van der Waals surface area (Å²) >= 11 is 0. The Morgan fingerprint density at radius 1 is 0.753 bits per heavy atom. The van der Waals surface area contributed by atoms with Crippen LogP contribution in [0.1, 0.15) is 196 Å². The van der Waals surface area contributed by atoms with Gasteiger partial charge in [0.15, 0.2) is 11.6 Å². The summed E-state index contributed by atoms with van der Waals surface area (Å²) in [6.45, 7) is 25.4. The fourth-order valence-corrected chi connectivity index (χ4v) is 13.2. The summed E-state index contributed by atoms with van der Waals surface area (Å²) in [7, 11) is 4.91. The number of ether oxygens (including phenoxy) is 2. The van der Waals surface area contributed by atoms with Crippen molar-refractivity contribution >= 4 is 64.9 Å². The van der Waals surface area contributed by atoms with Crippen LogP contribution >= 0.6 is 0 Å². The van der Waals surface area contributed by atoms with Crippen LogP contribution in [0.3, 0.4) is 0 Å². The molecule has 0 aliphatic carbocycles. The van der Waals surface area contributed by atoms with E-state index in [2.05, 4.69) is 29.8 Å². The molecular formula is C74H118N8O15. The lowest BCUT2D eigenvalue weighted by atomic mass is 9.84. The molecule has 97 heavy (non-hydrogen) atoms. The van der Waals surface area contributed by atoms with Gasteiger partial charge in [-0.1, -0.05) is 144 Å². The van der Waals surface area contributed by atoms with Crippen molar-refractivity contribution in [2.24, 2.45) is 59.0 Å². The molecule has 0 aromatic heterocycles. The van der Waals surface area contributed by atoms with Crippen molar-refractivity contribution in [3.63, 3.8) is 0 Å². The number of unbranched alkanes of at least 4 members (excludes halogenated alkanes) is 2. The standard InChI is InChI=1S/C53H86N6O11.C21H32N2O4/c1-14-35(8)48(37(10)69-13)57(11)51(66)42(33(4)5)30-45(62)47(34(6)7)58(12)53(68)70-31-39-23-21-38(22-24-39)28-44(61)43(20-18-25-55-52(54)67)56-49(64)41(32(2)3)29-40(60)19-16-15-17-26-59-46(63)27-36(9)50(59)65;1-4-19(25)23-12-8-11-18(23)17(13-24)14(2)21(27)22-15(3)20(26)16-9-6-5-7-10-16/h21-24,32-37,41-43,47-48H,14-20,25-31H2,1-13H3,(H,56,64)(H3,54,55,67);5-7,9-10,14-15,17-18,20,24,26H,4,8,11-13H2,1-3H3,(H,22,27)/t35-,36?,37+,41-,42-,43-,47?,48-;14-,15-,17-,18+,20-/m01/s1. The van der Waals surface area contributed by atoms with E-state index in [4.69, 9.17) is 15.2 Å². The lowest BCUT2D eigenvalue weighted by Crippen LogP contribution is -2.52. The zero-order valence-corrected chi connectivity index (χ0v) is 60.9. The van der Waals surface area contributed by atoms with Gasteiger partial charge in [0, 0.05) is 122 Å². The molecule has 2 aliphatic heterocycles. The Kier molecular flexibility index (Phi) is 36.4. The van der Waals surface area contributed by atoms with Gasteiger partial charge in [0.25, 0.3) is 0 Å². The lowest BCUT2D eigenvalue weighted by molar-refractivity contribution is -0.145. The first-order valence-electron chi connectivity index (χ1n) is 35.2. The number of nitrogens with one attached hydrogen (secondary N) is 3. The summed E-state index contributed by atoms with van der Waals surface area (Å²) in [5.74, 6) is -4.44. The molecule has 2 aliphatic rings. The summed E-state index contributed by atoms with van der Waals surface area (Å²) in [5, 5.41) is 28.7. The Labute approximate surface area is 577 Å². The van der Waals surface area contributed by atoms with Gasteiger partial charge in [0.05, 0.1) is 36.4 Å². The van der Waals surface area contributed by atoms with Crippen molar-refractivity contribution in [3.8, 4) is 0 Å². The maximum Gasteiger partial charge on any atom is 0.410 e. The molecule has 4 rings (SSSR count). The van der Waals surface area contributed by atoms with Gasteiger partial charge in [-0.25, -0.2) is 9.59 Å². The van der Waals surface area contributed by atoms with E-state index in [0.29, 0.717) is 56.3 Å². The first-order chi connectivity index (χ1) is 45.8. The number of benzene rings is 2. The summed E-state index contributed by atoms with van der Waals surface area (Å²) in [6, 6.07) is 12.9. The zero-order valence-electron chi connectivity index (χ0n) is 60.9. The Balaban J connectivity index is 0.000000750. The molecule has 0 bridgehead atoms. The minimum absolute atomic E-state index is 0.00391. The number of aliphatic hydroxyl groups is 2. The molecule has 0 saturated carbocycles. The predicted molar refractivity (Wildman–Crippen MR) is 372 cm³/mol. The van der Waals surface area contributed by atoms with Crippen molar-refractivity contribution < 1.29 is 72.4 Å². The van der Waals surface area contributed by atoms with Crippen LogP contribution in [0.5, 0.6) is 0 Å². The maximum atomic E-state index is 14.0. The van der Waals surface area contributed by atoms with Gasteiger partial charge in [0.2, 0.25) is 35.4 Å².